The lowest BCUT2D eigenvalue weighted by Crippen LogP contribution is -2.52. The van der Waals surface area contributed by atoms with Crippen LogP contribution in [0.25, 0.3) is 0 Å². The summed E-state index contributed by atoms with van der Waals surface area (Å²) < 4.78 is 10.2. The Morgan fingerprint density at radius 1 is 1.20 bits per heavy atom. The molecular formula is C16H24N2O6S. The van der Waals surface area contributed by atoms with Gasteiger partial charge in [-0.15, -0.1) is 0 Å². The van der Waals surface area contributed by atoms with Crippen LogP contribution in [0.3, 0.4) is 0 Å². The second-order valence-electron chi connectivity index (χ2n) is 7.09. The Labute approximate surface area is 151 Å². The number of hydrogen-bond acceptors (Lipinski definition) is 7. The number of carbonyl (C=O) groups excluding carboxylic acids is 4. The molecule has 2 rings (SSSR count). The Morgan fingerprint density at radius 3 is 2.24 bits per heavy atom. The average molecular weight is 372 g/mol. The lowest BCUT2D eigenvalue weighted by molar-refractivity contribution is -0.152. The molecule has 0 radical (unpaired) electrons. The standard InChI is InChI=1S/C16H24N2O6S/c1-16(2,3)24-14(21)17-7-5-10(6-8-17)12(13(20)23-4)18-11(19)9-25-15(18)22/h10,12H,5-9H2,1-4H3. The largest absolute Gasteiger partial charge is 0.467 e. The molecule has 0 aromatic rings. The molecule has 0 aromatic carbocycles. The highest BCUT2D eigenvalue weighted by atomic mass is 32.2. The van der Waals surface area contributed by atoms with Gasteiger partial charge in [0.15, 0.2) is 0 Å². The zero-order valence-corrected chi connectivity index (χ0v) is 15.8. The molecule has 0 aromatic heterocycles. The fourth-order valence-electron chi connectivity index (χ4n) is 2.99. The van der Waals surface area contributed by atoms with E-state index in [1.807, 2.05) is 0 Å². The summed E-state index contributed by atoms with van der Waals surface area (Å²) in [4.78, 5) is 50.9. The Bertz CT molecular complexity index is 549. The third-order valence-electron chi connectivity index (χ3n) is 4.14. The number of carbonyl (C=O) groups is 4. The first-order chi connectivity index (χ1) is 11.6. The van der Waals surface area contributed by atoms with Crippen molar-refractivity contribution < 1.29 is 28.7 Å². The maximum absolute atomic E-state index is 12.2. The molecule has 0 bridgehead atoms. The Balaban J connectivity index is 2.05. The van der Waals surface area contributed by atoms with Gasteiger partial charge in [-0.2, -0.15) is 0 Å². The molecule has 0 aliphatic carbocycles. The molecule has 1 atom stereocenters. The molecule has 2 aliphatic heterocycles. The van der Waals surface area contributed by atoms with E-state index in [9.17, 15) is 19.2 Å². The third kappa shape index (κ3) is 4.65. The minimum Gasteiger partial charge on any atom is -0.467 e. The zero-order valence-electron chi connectivity index (χ0n) is 14.9. The molecule has 2 aliphatic rings. The van der Waals surface area contributed by atoms with Gasteiger partial charge < -0.3 is 14.4 Å². The van der Waals surface area contributed by atoms with Crippen molar-refractivity contribution >= 4 is 35.0 Å². The second kappa shape index (κ2) is 7.63. The molecule has 2 saturated heterocycles. The number of likely N-dealkylation sites (tertiary alicyclic amines) is 1. The van der Waals surface area contributed by atoms with Crippen molar-refractivity contribution in [3.05, 3.63) is 0 Å². The summed E-state index contributed by atoms with van der Waals surface area (Å²) in [5.41, 5.74) is -0.575. The van der Waals surface area contributed by atoms with Crippen molar-refractivity contribution in [2.75, 3.05) is 26.0 Å². The van der Waals surface area contributed by atoms with Gasteiger partial charge in [-0.05, 0) is 39.5 Å². The minimum atomic E-state index is -0.930. The number of piperidine rings is 1. The summed E-state index contributed by atoms with van der Waals surface area (Å²) in [5.74, 6) is -1.17. The van der Waals surface area contributed by atoms with Crippen molar-refractivity contribution in [2.24, 2.45) is 5.92 Å². The van der Waals surface area contributed by atoms with Crippen molar-refractivity contribution in [1.29, 1.82) is 0 Å². The first-order valence-corrected chi connectivity index (χ1v) is 9.17. The van der Waals surface area contributed by atoms with Gasteiger partial charge in [0.1, 0.15) is 11.6 Å². The molecule has 25 heavy (non-hydrogen) atoms. The lowest BCUT2D eigenvalue weighted by Gasteiger charge is -2.37. The van der Waals surface area contributed by atoms with E-state index in [4.69, 9.17) is 9.47 Å². The molecule has 0 N–H and O–H groups in total. The van der Waals surface area contributed by atoms with Crippen LogP contribution in [0.2, 0.25) is 0 Å². The second-order valence-corrected chi connectivity index (χ2v) is 8.02. The third-order valence-corrected chi connectivity index (χ3v) is 4.98. The molecule has 0 saturated carbocycles. The smallest absolute Gasteiger partial charge is 0.410 e. The van der Waals surface area contributed by atoms with Crippen LogP contribution in [-0.4, -0.2) is 70.6 Å². The van der Waals surface area contributed by atoms with Gasteiger partial charge in [0.2, 0.25) is 5.91 Å². The Kier molecular flexibility index (Phi) is 5.97. The number of rotatable bonds is 3. The number of nitrogens with zero attached hydrogens (tertiary/aromatic N) is 2. The van der Waals surface area contributed by atoms with Gasteiger partial charge >= 0.3 is 12.1 Å². The normalized spacial score (nSPS) is 20.6. The SMILES string of the molecule is COC(=O)C(C1CCN(C(=O)OC(C)(C)C)CC1)N1C(=O)CSC1=O. The average Bonchev–Trinajstić information content (AvgIpc) is 2.86. The molecule has 8 nitrogen and oxygen atoms in total. The van der Waals surface area contributed by atoms with Gasteiger partial charge in [0.05, 0.1) is 12.9 Å². The Hall–Kier alpha value is -1.77. The monoisotopic (exact) mass is 372 g/mol. The van der Waals surface area contributed by atoms with Gasteiger partial charge in [-0.25, -0.2) is 9.59 Å². The fraction of sp³-hybridized carbons (Fsp3) is 0.750. The number of esters is 1. The van der Waals surface area contributed by atoms with E-state index < -0.39 is 28.9 Å². The number of thioether (sulfide) groups is 1. The summed E-state index contributed by atoms with van der Waals surface area (Å²) >= 11 is 0.891. The van der Waals surface area contributed by atoms with Crippen LogP contribution >= 0.6 is 11.8 Å². The molecule has 140 valence electrons. The highest BCUT2D eigenvalue weighted by Gasteiger charge is 2.45. The van der Waals surface area contributed by atoms with E-state index >= 15 is 0 Å². The topological polar surface area (TPSA) is 93.2 Å². The number of imide groups is 1. The van der Waals surface area contributed by atoms with Crippen LogP contribution in [0.15, 0.2) is 0 Å². The van der Waals surface area contributed by atoms with E-state index in [0.29, 0.717) is 25.9 Å². The zero-order chi connectivity index (χ0) is 18.8. The van der Waals surface area contributed by atoms with Crippen molar-refractivity contribution in [3.63, 3.8) is 0 Å². The van der Waals surface area contributed by atoms with E-state index in [-0.39, 0.29) is 17.6 Å². The van der Waals surface area contributed by atoms with E-state index in [1.54, 1.807) is 25.7 Å². The molecule has 2 heterocycles. The van der Waals surface area contributed by atoms with Crippen LogP contribution in [0.1, 0.15) is 33.6 Å². The summed E-state index contributed by atoms with van der Waals surface area (Å²) in [6.07, 6.45) is 0.575. The maximum atomic E-state index is 12.2. The van der Waals surface area contributed by atoms with Gasteiger partial charge in [0.25, 0.3) is 5.24 Å². The van der Waals surface area contributed by atoms with Crippen LogP contribution in [0.5, 0.6) is 0 Å². The van der Waals surface area contributed by atoms with Gasteiger partial charge in [0, 0.05) is 13.1 Å². The van der Waals surface area contributed by atoms with Crippen molar-refractivity contribution in [1.82, 2.24) is 9.80 Å². The fourth-order valence-corrected chi connectivity index (χ4v) is 3.73. The van der Waals surface area contributed by atoms with Crippen LogP contribution in [-0.2, 0) is 19.1 Å². The highest BCUT2D eigenvalue weighted by Crippen LogP contribution is 2.31. The first kappa shape index (κ1) is 19.6. The molecular weight excluding hydrogens is 348 g/mol. The number of amides is 3. The van der Waals surface area contributed by atoms with E-state index in [2.05, 4.69) is 0 Å². The van der Waals surface area contributed by atoms with Gasteiger partial charge in [-0.3, -0.25) is 14.5 Å². The van der Waals surface area contributed by atoms with Crippen LogP contribution in [0.4, 0.5) is 9.59 Å². The predicted molar refractivity (Wildman–Crippen MR) is 91.0 cm³/mol. The summed E-state index contributed by atoms with van der Waals surface area (Å²) in [7, 11) is 1.24. The maximum Gasteiger partial charge on any atom is 0.410 e. The summed E-state index contributed by atoms with van der Waals surface area (Å²) in [6.45, 7) is 6.19. The number of methoxy groups -OCH3 is 1. The minimum absolute atomic E-state index is 0.0447. The van der Waals surface area contributed by atoms with Crippen molar-refractivity contribution in [3.8, 4) is 0 Å². The lowest BCUT2D eigenvalue weighted by atomic mass is 9.88. The number of ether oxygens (including phenoxy) is 2. The van der Waals surface area contributed by atoms with Crippen LogP contribution < -0.4 is 0 Å². The molecule has 1 unspecified atom stereocenters. The van der Waals surface area contributed by atoms with Gasteiger partial charge in [-0.1, -0.05) is 11.8 Å². The predicted octanol–water partition coefficient (Wildman–Crippen LogP) is 1.87. The number of hydrogen-bond donors (Lipinski definition) is 0. The summed E-state index contributed by atoms with van der Waals surface area (Å²) in [6, 6.07) is -0.930. The summed E-state index contributed by atoms with van der Waals surface area (Å²) in [5, 5.41) is -0.421. The van der Waals surface area contributed by atoms with Crippen LogP contribution in [0, 0.1) is 5.92 Å². The van der Waals surface area contributed by atoms with E-state index in [1.165, 1.54) is 7.11 Å². The molecule has 2 fully saturated rings. The Morgan fingerprint density at radius 2 is 1.80 bits per heavy atom. The molecule has 0 spiro atoms. The molecule has 3 amide bonds. The quantitative estimate of drug-likeness (QED) is 0.698. The van der Waals surface area contributed by atoms with Crippen molar-refractivity contribution in [2.45, 2.75) is 45.3 Å². The molecule has 9 heteroatoms. The highest BCUT2D eigenvalue weighted by molar-refractivity contribution is 8.14. The van der Waals surface area contributed by atoms with E-state index in [0.717, 1.165) is 16.7 Å². The first-order valence-electron chi connectivity index (χ1n) is 8.18.